The molecule has 0 radical (unpaired) electrons. The molecule has 0 aromatic heterocycles. The fraction of sp³-hybridized carbons (Fsp3) is 0.529. The Morgan fingerprint density at radius 2 is 1.96 bits per heavy atom. The highest BCUT2D eigenvalue weighted by Crippen LogP contribution is 2.37. The lowest BCUT2D eigenvalue weighted by Gasteiger charge is -2.36. The Kier molecular flexibility index (Phi) is 7.86. The average Bonchev–Trinajstić information content (AvgIpc) is 2.46. The van der Waals surface area contributed by atoms with Gasteiger partial charge in [-0.25, -0.2) is 4.79 Å². The van der Waals surface area contributed by atoms with Crippen LogP contribution in [0.15, 0.2) is 18.2 Å². The zero-order valence-electron chi connectivity index (χ0n) is 15.7. The third-order valence-corrected chi connectivity index (χ3v) is 9.17. The molecule has 0 aliphatic carbocycles. The van der Waals surface area contributed by atoms with Gasteiger partial charge in [-0.1, -0.05) is 38.4 Å². The first-order valence-corrected chi connectivity index (χ1v) is 11.8. The Bertz CT molecular complexity index is 633. The molecule has 1 amide bonds. The van der Waals surface area contributed by atoms with Crippen LogP contribution in [-0.2, 0) is 15.8 Å². The molecule has 0 aliphatic heterocycles. The highest BCUT2D eigenvalue weighted by Gasteiger charge is 2.37. The first kappa shape index (κ1) is 21.9. The van der Waals surface area contributed by atoms with E-state index in [1.54, 1.807) is 6.92 Å². The Balaban J connectivity index is 2.68. The summed E-state index contributed by atoms with van der Waals surface area (Å²) in [6.45, 7) is 13.6. The maximum atomic E-state index is 11.3. The van der Waals surface area contributed by atoms with Gasteiger partial charge in [-0.3, -0.25) is 5.32 Å². The molecular formula is C17H27ClN2O3SSi. The largest absolute Gasteiger partial charge is 0.450 e. The number of carbonyl (C=O) groups excluding carboxylic acids is 1. The fourth-order valence-electron chi connectivity index (χ4n) is 1.64. The van der Waals surface area contributed by atoms with Crippen molar-refractivity contribution in [1.82, 2.24) is 5.32 Å². The minimum absolute atomic E-state index is 0.130. The molecule has 0 aliphatic rings. The topological polar surface area (TPSA) is 59.6 Å². The van der Waals surface area contributed by atoms with Gasteiger partial charge in [0.1, 0.15) is 0 Å². The normalized spacial score (nSPS) is 11.8. The van der Waals surface area contributed by atoms with E-state index in [0.717, 1.165) is 5.56 Å². The lowest BCUT2D eigenvalue weighted by atomic mass is 10.2. The number of halogens is 1. The van der Waals surface area contributed by atoms with Crippen LogP contribution in [0.25, 0.3) is 0 Å². The van der Waals surface area contributed by atoms with Crippen LogP contribution >= 0.6 is 23.8 Å². The standard InChI is InChI=1S/C17H27ClN2O3SSi/c1-7-22-16(21)20-15(24)19-14-9-8-12(10-13(14)18)11-23-25(5,6)17(2,3)4/h8-10H,7,11H2,1-6H3,(H2,19,20,21,24). The maximum absolute atomic E-state index is 11.3. The Morgan fingerprint density at radius 3 is 2.48 bits per heavy atom. The molecule has 0 saturated heterocycles. The second-order valence-electron chi connectivity index (χ2n) is 7.16. The van der Waals surface area contributed by atoms with Crippen LogP contribution in [0.3, 0.4) is 0 Å². The van der Waals surface area contributed by atoms with E-state index in [4.69, 9.17) is 33.0 Å². The summed E-state index contributed by atoms with van der Waals surface area (Å²) in [5.74, 6) is 0. The minimum atomic E-state index is -1.81. The zero-order chi connectivity index (χ0) is 19.3. The zero-order valence-corrected chi connectivity index (χ0v) is 18.2. The van der Waals surface area contributed by atoms with Crippen molar-refractivity contribution in [2.45, 2.75) is 52.4 Å². The predicted octanol–water partition coefficient (Wildman–Crippen LogP) is 5.30. The number of alkyl carbamates (subject to hydrolysis) is 1. The number of nitrogens with one attached hydrogen (secondary N) is 2. The third-order valence-electron chi connectivity index (χ3n) is 4.18. The van der Waals surface area contributed by atoms with Gasteiger partial charge in [0.2, 0.25) is 0 Å². The Hall–Kier alpha value is -1.15. The molecule has 1 rings (SSSR count). The smallest absolute Gasteiger partial charge is 0.413 e. The number of thiocarbonyl (C=S) groups is 1. The number of carbonyl (C=O) groups is 1. The van der Waals surface area contributed by atoms with Crippen molar-refractivity contribution in [2.24, 2.45) is 0 Å². The molecule has 0 saturated carbocycles. The van der Waals surface area contributed by atoms with Gasteiger partial charge < -0.3 is 14.5 Å². The van der Waals surface area contributed by atoms with Crippen molar-refractivity contribution in [3.63, 3.8) is 0 Å². The van der Waals surface area contributed by atoms with Gasteiger partial charge in [-0.2, -0.15) is 0 Å². The second-order valence-corrected chi connectivity index (χ2v) is 12.8. The molecule has 140 valence electrons. The number of hydrogen-bond donors (Lipinski definition) is 2. The Morgan fingerprint density at radius 1 is 1.32 bits per heavy atom. The summed E-state index contributed by atoms with van der Waals surface area (Å²) in [6.07, 6.45) is -0.601. The first-order valence-electron chi connectivity index (χ1n) is 8.13. The van der Waals surface area contributed by atoms with Crippen LogP contribution in [0, 0.1) is 0 Å². The van der Waals surface area contributed by atoms with Crippen LogP contribution < -0.4 is 10.6 Å². The number of amides is 1. The van der Waals surface area contributed by atoms with Crippen LogP contribution in [-0.4, -0.2) is 26.1 Å². The Labute approximate surface area is 161 Å². The monoisotopic (exact) mass is 402 g/mol. The molecule has 0 bridgehead atoms. The van der Waals surface area contributed by atoms with Crippen LogP contribution in [0.2, 0.25) is 23.2 Å². The summed E-state index contributed by atoms with van der Waals surface area (Å²) in [5, 5.41) is 6.08. The van der Waals surface area contributed by atoms with Crippen molar-refractivity contribution < 1.29 is 14.0 Å². The van der Waals surface area contributed by atoms with Gasteiger partial charge in [-0.15, -0.1) is 0 Å². The van der Waals surface area contributed by atoms with Gasteiger partial charge in [0.05, 0.1) is 23.9 Å². The summed E-state index contributed by atoms with van der Waals surface area (Å²) < 4.78 is 11.0. The number of rotatable bonds is 5. The molecule has 1 aromatic carbocycles. The van der Waals surface area contributed by atoms with E-state index >= 15 is 0 Å². The van der Waals surface area contributed by atoms with Gasteiger partial charge in [-0.05, 0) is 55.0 Å². The van der Waals surface area contributed by atoms with E-state index in [1.165, 1.54) is 0 Å². The van der Waals surface area contributed by atoms with E-state index in [-0.39, 0.29) is 16.8 Å². The van der Waals surface area contributed by atoms with Crippen molar-refractivity contribution >= 4 is 49.0 Å². The molecule has 0 unspecified atom stereocenters. The molecule has 0 atom stereocenters. The van der Waals surface area contributed by atoms with Gasteiger partial charge in [0.15, 0.2) is 13.4 Å². The maximum Gasteiger partial charge on any atom is 0.413 e. The highest BCUT2D eigenvalue weighted by atomic mass is 35.5. The van der Waals surface area contributed by atoms with Crippen LogP contribution in [0.1, 0.15) is 33.3 Å². The van der Waals surface area contributed by atoms with Gasteiger partial charge in [0.25, 0.3) is 0 Å². The van der Waals surface area contributed by atoms with Crippen LogP contribution in [0.4, 0.5) is 10.5 Å². The molecule has 0 spiro atoms. The minimum Gasteiger partial charge on any atom is -0.450 e. The van der Waals surface area contributed by atoms with E-state index in [1.807, 2.05) is 18.2 Å². The molecule has 8 heteroatoms. The first-order chi connectivity index (χ1) is 11.5. The highest BCUT2D eigenvalue weighted by molar-refractivity contribution is 7.80. The number of ether oxygens (including phenoxy) is 1. The molecule has 1 aromatic rings. The summed E-state index contributed by atoms with van der Waals surface area (Å²) in [7, 11) is -1.81. The lowest BCUT2D eigenvalue weighted by molar-refractivity contribution is 0.158. The van der Waals surface area contributed by atoms with Crippen molar-refractivity contribution in [3.05, 3.63) is 28.8 Å². The van der Waals surface area contributed by atoms with E-state index < -0.39 is 14.4 Å². The number of hydrogen-bond acceptors (Lipinski definition) is 4. The molecule has 25 heavy (non-hydrogen) atoms. The van der Waals surface area contributed by atoms with Crippen LogP contribution in [0.5, 0.6) is 0 Å². The summed E-state index contributed by atoms with van der Waals surface area (Å²) in [4.78, 5) is 11.3. The van der Waals surface area contributed by atoms with Gasteiger partial charge >= 0.3 is 6.09 Å². The summed E-state index contributed by atoms with van der Waals surface area (Å²) >= 11 is 11.4. The van der Waals surface area contributed by atoms with E-state index in [2.05, 4.69) is 44.5 Å². The third kappa shape index (κ3) is 6.93. The molecular weight excluding hydrogens is 376 g/mol. The van der Waals surface area contributed by atoms with Crippen molar-refractivity contribution in [3.8, 4) is 0 Å². The van der Waals surface area contributed by atoms with E-state index in [9.17, 15) is 4.79 Å². The predicted molar refractivity (Wildman–Crippen MR) is 110 cm³/mol. The quantitative estimate of drug-likeness (QED) is 0.516. The summed E-state index contributed by atoms with van der Waals surface area (Å²) in [6, 6.07) is 5.57. The van der Waals surface area contributed by atoms with Gasteiger partial charge in [0, 0.05) is 0 Å². The van der Waals surface area contributed by atoms with Crippen molar-refractivity contribution in [1.29, 1.82) is 0 Å². The lowest BCUT2D eigenvalue weighted by Crippen LogP contribution is -2.40. The molecule has 0 heterocycles. The number of benzene rings is 1. The molecule has 0 fully saturated rings. The van der Waals surface area contributed by atoms with E-state index in [0.29, 0.717) is 17.3 Å². The molecule has 5 nitrogen and oxygen atoms in total. The second kappa shape index (κ2) is 8.98. The number of anilines is 1. The fourth-order valence-corrected chi connectivity index (χ4v) is 3.05. The SMILES string of the molecule is CCOC(=O)NC(=S)Nc1ccc(CO[Si](C)(C)C(C)(C)C)cc1Cl. The van der Waals surface area contributed by atoms with Crippen molar-refractivity contribution in [2.75, 3.05) is 11.9 Å². The average molecular weight is 403 g/mol. The molecule has 2 N–H and O–H groups in total. The summed E-state index contributed by atoms with van der Waals surface area (Å²) in [5.41, 5.74) is 1.60.